The van der Waals surface area contributed by atoms with E-state index in [1.54, 1.807) is 0 Å². The Morgan fingerprint density at radius 1 is 1.47 bits per heavy atom. The second-order valence-electron chi connectivity index (χ2n) is 4.20. The molecule has 82 valence electrons. The van der Waals surface area contributed by atoms with Gasteiger partial charge in [0.1, 0.15) is 0 Å². The Labute approximate surface area is 104 Å². The molecule has 1 unspecified atom stereocenters. The van der Waals surface area contributed by atoms with Crippen molar-refractivity contribution in [1.29, 1.82) is 0 Å². The predicted molar refractivity (Wildman–Crippen MR) is 66.1 cm³/mol. The smallest absolute Gasteiger partial charge is 0.0801 e. The average molecular weight is 290 g/mol. The maximum atomic E-state index is 10.0. The van der Waals surface area contributed by atoms with Gasteiger partial charge in [-0.15, -0.1) is 0 Å². The largest absolute Gasteiger partial charge is 0.388 e. The molecule has 1 fully saturated rings. The second-order valence-corrected chi connectivity index (χ2v) is 5.49. The monoisotopic (exact) mass is 288 g/mol. The zero-order chi connectivity index (χ0) is 10.8. The van der Waals surface area contributed by atoms with E-state index < -0.39 is 6.10 Å². The van der Waals surface area contributed by atoms with Gasteiger partial charge in [-0.3, -0.25) is 0 Å². The zero-order valence-corrected chi connectivity index (χ0v) is 10.8. The zero-order valence-electron chi connectivity index (χ0n) is 8.42. The second kappa shape index (κ2) is 4.86. The van der Waals surface area contributed by atoms with Crippen molar-refractivity contribution in [2.75, 3.05) is 0 Å². The molecule has 1 atom stereocenters. The molecule has 1 saturated carbocycles. The number of halogens is 2. The lowest BCUT2D eigenvalue weighted by Gasteiger charge is -2.12. The Balaban J connectivity index is 2.02. The molecule has 1 N–H and O–H groups in total. The lowest BCUT2D eigenvalue weighted by Crippen LogP contribution is -1.99. The summed E-state index contributed by atoms with van der Waals surface area (Å²) >= 11 is 9.34. The molecule has 1 aromatic rings. The first-order valence-corrected chi connectivity index (χ1v) is 6.47. The highest BCUT2D eigenvalue weighted by atomic mass is 79.9. The molecular weight excluding hydrogens is 275 g/mol. The van der Waals surface area contributed by atoms with Crippen LogP contribution in [0.2, 0.25) is 5.02 Å². The van der Waals surface area contributed by atoms with Crippen LogP contribution in [0.15, 0.2) is 22.7 Å². The molecule has 0 radical (unpaired) electrons. The van der Waals surface area contributed by atoms with Crippen LogP contribution in [0.25, 0.3) is 0 Å². The standard InChI is InChI=1S/C12H14BrClO/c13-11-5-4-9(14)7-10(11)12(15)6-3-8-1-2-8/h4-5,7-8,12,15H,1-3,6H2. The summed E-state index contributed by atoms with van der Waals surface area (Å²) in [7, 11) is 0. The van der Waals surface area contributed by atoms with Crippen LogP contribution < -0.4 is 0 Å². The number of rotatable bonds is 4. The number of hydrogen-bond donors (Lipinski definition) is 1. The summed E-state index contributed by atoms with van der Waals surface area (Å²) in [5, 5.41) is 10.7. The van der Waals surface area contributed by atoms with Crippen LogP contribution in [0.3, 0.4) is 0 Å². The van der Waals surface area contributed by atoms with E-state index in [0.29, 0.717) is 5.02 Å². The first kappa shape index (κ1) is 11.4. The average Bonchev–Trinajstić information content (AvgIpc) is 3.02. The molecule has 1 aliphatic carbocycles. The quantitative estimate of drug-likeness (QED) is 0.875. The SMILES string of the molecule is OC(CCC1CC1)c1cc(Cl)ccc1Br. The number of hydrogen-bond acceptors (Lipinski definition) is 1. The summed E-state index contributed by atoms with van der Waals surface area (Å²) < 4.78 is 0.940. The molecular formula is C12H14BrClO. The van der Waals surface area contributed by atoms with Gasteiger partial charge in [0.15, 0.2) is 0 Å². The van der Waals surface area contributed by atoms with Crippen molar-refractivity contribution in [3.05, 3.63) is 33.3 Å². The molecule has 2 rings (SSSR count). The van der Waals surface area contributed by atoms with Gasteiger partial charge in [-0.25, -0.2) is 0 Å². The van der Waals surface area contributed by atoms with Gasteiger partial charge in [-0.1, -0.05) is 40.4 Å². The Morgan fingerprint density at radius 3 is 2.87 bits per heavy atom. The molecule has 0 saturated heterocycles. The minimum Gasteiger partial charge on any atom is -0.388 e. The van der Waals surface area contributed by atoms with Crippen molar-refractivity contribution in [3.8, 4) is 0 Å². The minimum absolute atomic E-state index is 0.390. The van der Waals surface area contributed by atoms with Crippen LogP contribution in [-0.2, 0) is 0 Å². The van der Waals surface area contributed by atoms with Gasteiger partial charge >= 0.3 is 0 Å². The van der Waals surface area contributed by atoms with Crippen LogP contribution in [-0.4, -0.2) is 5.11 Å². The fourth-order valence-corrected chi connectivity index (χ4v) is 2.42. The Kier molecular flexibility index (Phi) is 3.70. The third-order valence-corrected chi connectivity index (χ3v) is 3.82. The molecule has 0 aromatic heterocycles. The Morgan fingerprint density at radius 2 is 2.20 bits per heavy atom. The maximum Gasteiger partial charge on any atom is 0.0801 e. The van der Waals surface area contributed by atoms with E-state index in [9.17, 15) is 5.11 Å². The molecule has 1 aromatic carbocycles. The molecule has 1 nitrogen and oxygen atoms in total. The lowest BCUT2D eigenvalue weighted by atomic mass is 10.0. The van der Waals surface area contributed by atoms with Gasteiger partial charge in [0.25, 0.3) is 0 Å². The van der Waals surface area contributed by atoms with E-state index in [1.807, 2.05) is 18.2 Å². The first-order valence-electron chi connectivity index (χ1n) is 5.30. The molecule has 0 heterocycles. The van der Waals surface area contributed by atoms with E-state index >= 15 is 0 Å². The predicted octanol–water partition coefficient (Wildman–Crippen LogP) is 4.33. The van der Waals surface area contributed by atoms with Crippen LogP contribution >= 0.6 is 27.5 Å². The molecule has 15 heavy (non-hydrogen) atoms. The van der Waals surface area contributed by atoms with Crippen molar-refractivity contribution >= 4 is 27.5 Å². The van der Waals surface area contributed by atoms with E-state index in [-0.39, 0.29) is 0 Å². The summed E-state index contributed by atoms with van der Waals surface area (Å²) in [6, 6.07) is 5.55. The molecule has 0 spiro atoms. The van der Waals surface area contributed by atoms with Gasteiger partial charge in [-0.05, 0) is 42.5 Å². The summed E-state index contributed by atoms with van der Waals surface area (Å²) in [4.78, 5) is 0. The van der Waals surface area contributed by atoms with Crippen molar-refractivity contribution in [1.82, 2.24) is 0 Å². The van der Waals surface area contributed by atoms with Gasteiger partial charge in [0.2, 0.25) is 0 Å². The fourth-order valence-electron chi connectivity index (χ4n) is 1.73. The summed E-state index contributed by atoms with van der Waals surface area (Å²) in [6.07, 6.45) is 4.25. The Bertz CT molecular complexity index is 349. The van der Waals surface area contributed by atoms with Gasteiger partial charge in [0.05, 0.1) is 6.10 Å². The third-order valence-electron chi connectivity index (χ3n) is 2.86. The minimum atomic E-state index is -0.390. The van der Waals surface area contributed by atoms with Crippen molar-refractivity contribution in [2.24, 2.45) is 5.92 Å². The van der Waals surface area contributed by atoms with Crippen LogP contribution in [0.1, 0.15) is 37.4 Å². The highest BCUT2D eigenvalue weighted by Gasteiger charge is 2.22. The van der Waals surface area contributed by atoms with Crippen LogP contribution in [0.5, 0.6) is 0 Å². The maximum absolute atomic E-state index is 10.0. The highest BCUT2D eigenvalue weighted by molar-refractivity contribution is 9.10. The van der Waals surface area contributed by atoms with E-state index in [4.69, 9.17) is 11.6 Å². The van der Waals surface area contributed by atoms with E-state index in [0.717, 1.165) is 28.8 Å². The summed E-state index contributed by atoms with van der Waals surface area (Å²) in [6.45, 7) is 0. The van der Waals surface area contributed by atoms with Gasteiger partial charge < -0.3 is 5.11 Å². The topological polar surface area (TPSA) is 20.2 Å². The first-order chi connectivity index (χ1) is 7.16. The molecule has 0 bridgehead atoms. The van der Waals surface area contributed by atoms with Gasteiger partial charge in [0, 0.05) is 9.50 Å². The number of aliphatic hydroxyl groups is 1. The fraction of sp³-hybridized carbons (Fsp3) is 0.500. The normalized spacial score (nSPS) is 17.8. The van der Waals surface area contributed by atoms with E-state index in [1.165, 1.54) is 12.8 Å². The van der Waals surface area contributed by atoms with Crippen LogP contribution in [0, 0.1) is 5.92 Å². The summed E-state index contributed by atoms with van der Waals surface area (Å²) in [5.41, 5.74) is 0.906. The third kappa shape index (κ3) is 3.20. The van der Waals surface area contributed by atoms with E-state index in [2.05, 4.69) is 15.9 Å². The molecule has 0 aliphatic heterocycles. The molecule has 0 amide bonds. The van der Waals surface area contributed by atoms with Crippen molar-refractivity contribution < 1.29 is 5.11 Å². The van der Waals surface area contributed by atoms with Crippen LogP contribution in [0.4, 0.5) is 0 Å². The number of aliphatic hydroxyl groups excluding tert-OH is 1. The lowest BCUT2D eigenvalue weighted by molar-refractivity contribution is 0.161. The van der Waals surface area contributed by atoms with Gasteiger partial charge in [-0.2, -0.15) is 0 Å². The molecule has 1 aliphatic rings. The molecule has 3 heteroatoms. The number of benzene rings is 1. The van der Waals surface area contributed by atoms with Crippen molar-refractivity contribution in [3.63, 3.8) is 0 Å². The highest BCUT2D eigenvalue weighted by Crippen LogP contribution is 2.37. The summed E-state index contributed by atoms with van der Waals surface area (Å²) in [5.74, 6) is 0.859. The van der Waals surface area contributed by atoms with Crippen molar-refractivity contribution in [2.45, 2.75) is 31.8 Å². The Hall–Kier alpha value is -0.0500.